The number of benzene rings is 3. The van der Waals surface area contributed by atoms with Gasteiger partial charge in [-0.25, -0.2) is 0 Å². The van der Waals surface area contributed by atoms with Gasteiger partial charge in [-0.2, -0.15) is 0 Å². The van der Waals surface area contributed by atoms with Crippen LogP contribution in [0, 0.1) is 17.3 Å². The van der Waals surface area contributed by atoms with Gasteiger partial charge in [0, 0.05) is 22.6 Å². The molecule has 36 heavy (non-hydrogen) atoms. The van der Waals surface area contributed by atoms with Crippen LogP contribution in [0.5, 0.6) is 11.5 Å². The van der Waals surface area contributed by atoms with E-state index in [0.717, 1.165) is 34.3 Å². The minimum absolute atomic E-state index is 0.000316. The van der Waals surface area contributed by atoms with E-state index in [-0.39, 0.29) is 10.3 Å². The molecule has 1 aliphatic heterocycles. The van der Waals surface area contributed by atoms with Crippen LogP contribution in [0.2, 0.25) is 0 Å². The fraction of sp³-hybridized carbons (Fsp3) is 0.515. The third-order valence-corrected chi connectivity index (χ3v) is 12.1. The lowest BCUT2D eigenvalue weighted by molar-refractivity contribution is 0.0757. The first-order valence-electron chi connectivity index (χ1n) is 14.0. The van der Waals surface area contributed by atoms with Gasteiger partial charge in [0.05, 0.1) is 4.90 Å². The van der Waals surface area contributed by atoms with Crippen LogP contribution in [-0.2, 0) is 5.41 Å². The Bertz CT molecular complexity index is 1330. The average Bonchev–Trinajstić information content (AvgIpc) is 3.39. The smallest absolute Gasteiger partial charge is 0.163 e. The van der Waals surface area contributed by atoms with E-state index >= 15 is 0 Å². The molecule has 0 atom stereocenters. The molecule has 3 heteroatoms. The van der Waals surface area contributed by atoms with E-state index in [4.69, 9.17) is 4.74 Å². The van der Waals surface area contributed by atoms with Crippen LogP contribution in [0.4, 0.5) is 0 Å². The van der Waals surface area contributed by atoms with Crippen molar-refractivity contribution in [2.45, 2.75) is 95.3 Å². The molecule has 0 aromatic heterocycles. The maximum Gasteiger partial charge on any atom is 0.163 e. The minimum atomic E-state index is -0.273. The van der Waals surface area contributed by atoms with E-state index in [2.05, 4.69) is 84.0 Å². The molecule has 0 saturated heterocycles. The Balaban J connectivity index is 1.56. The van der Waals surface area contributed by atoms with Crippen LogP contribution in [0.1, 0.15) is 91.2 Å². The Labute approximate surface area is 220 Å². The molecule has 1 spiro atoms. The van der Waals surface area contributed by atoms with E-state index in [1.54, 1.807) is 0 Å². The van der Waals surface area contributed by atoms with E-state index in [9.17, 15) is 5.11 Å². The third kappa shape index (κ3) is 3.11. The maximum atomic E-state index is 11.5. The summed E-state index contributed by atoms with van der Waals surface area (Å²) in [5.74, 6) is 2.14. The van der Waals surface area contributed by atoms with Crippen LogP contribution in [-0.4, -0.2) is 10.0 Å². The summed E-state index contributed by atoms with van der Waals surface area (Å²) in [6, 6.07) is 15.6. The van der Waals surface area contributed by atoms with Crippen LogP contribution in [0.3, 0.4) is 0 Å². The minimum Gasteiger partial charge on any atom is -0.507 e. The number of hydrogen-bond donors (Lipinski definition) is 1. The average molecular weight is 501 g/mol. The number of phenolic OH excluding ortho intramolecular Hbond substituents is 1. The monoisotopic (exact) mass is 500 g/mol. The summed E-state index contributed by atoms with van der Waals surface area (Å²) >= 11 is 1.84. The lowest BCUT2D eigenvalue weighted by atomic mass is 9.58. The van der Waals surface area contributed by atoms with E-state index in [0.29, 0.717) is 23.0 Å². The standard InChI is InChI=1S/C33H40O2S/c1-7-31(8-2)13-15-32(16-14-31)25-12-10-9-11-22(25)30-24-17-28-29(18-23(24)27(34)19-26(30)32)36-33(35-28,20(3)4)21(5)6/h9-12,17-21,34H,7-8,13-16H2,1-6H3. The van der Waals surface area contributed by atoms with Gasteiger partial charge >= 0.3 is 0 Å². The molecule has 3 aliphatic rings. The second-order valence-electron chi connectivity index (χ2n) is 12.2. The van der Waals surface area contributed by atoms with Crippen LogP contribution < -0.4 is 4.74 Å². The Hall–Kier alpha value is -2.13. The van der Waals surface area contributed by atoms with Crippen molar-refractivity contribution >= 4 is 22.5 Å². The number of rotatable bonds is 4. The number of ether oxygens (including phenoxy) is 1. The zero-order chi connectivity index (χ0) is 25.5. The van der Waals surface area contributed by atoms with Crippen molar-refractivity contribution in [3.63, 3.8) is 0 Å². The molecule has 3 aromatic rings. The van der Waals surface area contributed by atoms with Crippen LogP contribution in [0.15, 0.2) is 47.4 Å². The first kappa shape index (κ1) is 24.2. The largest absolute Gasteiger partial charge is 0.507 e. The lowest BCUT2D eigenvalue weighted by Gasteiger charge is -2.45. The Morgan fingerprint density at radius 1 is 0.861 bits per heavy atom. The number of fused-ring (bicyclic) bond motifs is 8. The molecule has 2 aliphatic carbocycles. The summed E-state index contributed by atoms with van der Waals surface area (Å²) in [6.45, 7) is 13.7. The molecule has 1 saturated carbocycles. The van der Waals surface area contributed by atoms with Crippen molar-refractivity contribution < 1.29 is 9.84 Å². The highest BCUT2D eigenvalue weighted by Crippen LogP contribution is 2.63. The van der Waals surface area contributed by atoms with Crippen molar-refractivity contribution in [2.24, 2.45) is 17.3 Å². The summed E-state index contributed by atoms with van der Waals surface area (Å²) in [7, 11) is 0. The summed E-state index contributed by atoms with van der Waals surface area (Å²) in [6.07, 6.45) is 7.33. The van der Waals surface area contributed by atoms with E-state index < -0.39 is 0 Å². The Morgan fingerprint density at radius 2 is 1.53 bits per heavy atom. The van der Waals surface area contributed by atoms with Gasteiger partial charge in [0.25, 0.3) is 0 Å². The van der Waals surface area contributed by atoms with Crippen molar-refractivity contribution in [1.29, 1.82) is 0 Å². The van der Waals surface area contributed by atoms with Gasteiger partial charge in [-0.3, -0.25) is 0 Å². The molecule has 0 bridgehead atoms. The molecule has 6 rings (SSSR count). The summed E-state index contributed by atoms with van der Waals surface area (Å²) in [5.41, 5.74) is 5.93. The molecule has 0 amide bonds. The van der Waals surface area contributed by atoms with Gasteiger partial charge in [-0.05, 0) is 76.9 Å². The highest BCUT2D eigenvalue weighted by molar-refractivity contribution is 8.01. The predicted molar refractivity (Wildman–Crippen MR) is 152 cm³/mol. The topological polar surface area (TPSA) is 29.5 Å². The molecular weight excluding hydrogens is 460 g/mol. The zero-order valence-electron chi connectivity index (χ0n) is 22.7. The molecule has 3 aromatic carbocycles. The number of thioether (sulfide) groups is 1. The molecule has 190 valence electrons. The quantitative estimate of drug-likeness (QED) is 0.386. The third-order valence-electron chi connectivity index (χ3n) is 10.2. The second-order valence-corrected chi connectivity index (χ2v) is 13.5. The Morgan fingerprint density at radius 3 is 2.17 bits per heavy atom. The van der Waals surface area contributed by atoms with Crippen molar-refractivity contribution in [1.82, 2.24) is 0 Å². The first-order valence-corrected chi connectivity index (χ1v) is 14.8. The maximum absolute atomic E-state index is 11.5. The fourth-order valence-electron chi connectivity index (χ4n) is 7.71. The number of aromatic hydroxyl groups is 1. The SMILES string of the molecule is CCC1(CC)CCC2(CC1)c1ccccc1-c1c2cc(O)c2cc3c(cc12)OC(C(C)C)(C(C)C)S3. The van der Waals surface area contributed by atoms with Crippen LogP contribution >= 0.6 is 11.8 Å². The molecule has 1 heterocycles. The first-order chi connectivity index (χ1) is 17.2. The van der Waals surface area contributed by atoms with Crippen molar-refractivity contribution in [2.75, 3.05) is 0 Å². The van der Waals surface area contributed by atoms with E-state index in [1.165, 1.54) is 47.9 Å². The molecule has 0 unspecified atom stereocenters. The number of phenols is 1. The highest BCUT2D eigenvalue weighted by Gasteiger charge is 2.50. The normalized spacial score (nSPS) is 20.6. The van der Waals surface area contributed by atoms with Gasteiger partial charge in [-0.15, -0.1) is 0 Å². The molecule has 0 radical (unpaired) electrons. The summed E-state index contributed by atoms with van der Waals surface area (Å²) in [4.78, 5) is 0.874. The molecule has 1 fully saturated rings. The predicted octanol–water partition coefficient (Wildman–Crippen LogP) is 9.69. The van der Waals surface area contributed by atoms with Gasteiger partial charge in [0.2, 0.25) is 0 Å². The molecular formula is C33H40O2S. The van der Waals surface area contributed by atoms with Crippen molar-refractivity contribution in [3.05, 3.63) is 53.6 Å². The van der Waals surface area contributed by atoms with Gasteiger partial charge in [0.15, 0.2) is 4.93 Å². The molecule has 2 nitrogen and oxygen atoms in total. The van der Waals surface area contributed by atoms with Crippen LogP contribution in [0.25, 0.3) is 21.9 Å². The second kappa shape index (κ2) is 8.18. The highest BCUT2D eigenvalue weighted by atomic mass is 32.2. The van der Waals surface area contributed by atoms with Gasteiger partial charge < -0.3 is 9.84 Å². The Kier molecular flexibility index (Phi) is 5.51. The summed E-state index contributed by atoms with van der Waals surface area (Å²) < 4.78 is 6.79. The number of hydrogen-bond acceptors (Lipinski definition) is 3. The van der Waals surface area contributed by atoms with Crippen molar-refractivity contribution in [3.8, 4) is 22.6 Å². The fourth-order valence-corrected chi connectivity index (χ4v) is 9.03. The van der Waals surface area contributed by atoms with Gasteiger partial charge in [0.1, 0.15) is 11.5 Å². The zero-order valence-corrected chi connectivity index (χ0v) is 23.5. The molecule has 1 N–H and O–H groups in total. The lowest BCUT2D eigenvalue weighted by Crippen LogP contribution is -2.40. The van der Waals surface area contributed by atoms with E-state index in [1.807, 2.05) is 11.8 Å². The van der Waals surface area contributed by atoms with Gasteiger partial charge in [-0.1, -0.05) is 90.4 Å². The summed E-state index contributed by atoms with van der Waals surface area (Å²) in [5, 5.41) is 13.5.